The number of benzene rings is 1. The zero-order valence-electron chi connectivity index (χ0n) is 11.1. The molecule has 1 aromatic carbocycles. The van der Waals surface area contributed by atoms with Crippen LogP contribution in [0.4, 0.5) is 0 Å². The van der Waals surface area contributed by atoms with E-state index >= 15 is 0 Å². The molecule has 0 radical (unpaired) electrons. The van der Waals surface area contributed by atoms with E-state index in [0.29, 0.717) is 24.7 Å². The molecule has 4 heteroatoms. The van der Waals surface area contributed by atoms with Gasteiger partial charge in [0.1, 0.15) is 12.4 Å². The Morgan fingerprint density at radius 1 is 1.26 bits per heavy atom. The smallest absolute Gasteiger partial charge is 0.287 e. The minimum absolute atomic E-state index is 0.217. The lowest BCUT2D eigenvalue weighted by Crippen LogP contribution is -2.22. The van der Waals surface area contributed by atoms with Gasteiger partial charge in [-0.1, -0.05) is 24.3 Å². The van der Waals surface area contributed by atoms with Crippen molar-refractivity contribution in [3.05, 3.63) is 59.0 Å². The van der Waals surface area contributed by atoms with Crippen LogP contribution in [0, 0.1) is 6.92 Å². The molecule has 0 aliphatic heterocycles. The van der Waals surface area contributed by atoms with Gasteiger partial charge in [-0.3, -0.25) is 4.79 Å². The van der Waals surface area contributed by atoms with Crippen molar-refractivity contribution in [3.8, 4) is 0 Å². The van der Waals surface area contributed by atoms with E-state index in [1.165, 1.54) is 0 Å². The first-order valence-corrected chi connectivity index (χ1v) is 6.11. The first kappa shape index (κ1) is 13.4. The minimum Gasteiger partial charge on any atom is -0.453 e. The van der Waals surface area contributed by atoms with Crippen LogP contribution < -0.4 is 5.32 Å². The summed E-state index contributed by atoms with van der Waals surface area (Å²) in [6.45, 7) is 2.88. The van der Waals surface area contributed by atoms with Crippen molar-refractivity contribution in [2.75, 3.05) is 7.11 Å². The normalized spacial score (nSPS) is 10.4. The average Bonchev–Trinajstić information content (AvgIpc) is 2.87. The van der Waals surface area contributed by atoms with Crippen molar-refractivity contribution in [2.45, 2.75) is 20.1 Å². The highest BCUT2D eigenvalue weighted by molar-refractivity contribution is 5.91. The summed E-state index contributed by atoms with van der Waals surface area (Å²) in [6.07, 6.45) is 0. The molecule has 1 aromatic heterocycles. The number of methoxy groups -OCH3 is 1. The Bertz CT molecular complexity index is 560. The third-order valence-corrected chi connectivity index (χ3v) is 2.87. The van der Waals surface area contributed by atoms with E-state index in [1.807, 2.05) is 31.2 Å². The van der Waals surface area contributed by atoms with Crippen LogP contribution in [-0.2, 0) is 17.9 Å². The molecule has 0 unspecified atom stereocenters. The van der Waals surface area contributed by atoms with E-state index in [9.17, 15) is 4.79 Å². The van der Waals surface area contributed by atoms with Crippen LogP contribution >= 0.6 is 0 Å². The van der Waals surface area contributed by atoms with Crippen LogP contribution in [-0.4, -0.2) is 13.0 Å². The van der Waals surface area contributed by atoms with Crippen molar-refractivity contribution in [1.29, 1.82) is 0 Å². The second kappa shape index (κ2) is 6.20. The number of carbonyl (C=O) groups excluding carboxylic acids is 1. The van der Waals surface area contributed by atoms with Crippen molar-refractivity contribution in [2.24, 2.45) is 0 Å². The number of nitrogens with one attached hydrogen (secondary N) is 1. The van der Waals surface area contributed by atoms with Gasteiger partial charge < -0.3 is 14.5 Å². The molecule has 1 heterocycles. The van der Waals surface area contributed by atoms with Crippen LogP contribution in [0.1, 0.15) is 27.4 Å². The molecule has 19 heavy (non-hydrogen) atoms. The van der Waals surface area contributed by atoms with E-state index in [-0.39, 0.29) is 5.91 Å². The Morgan fingerprint density at radius 2 is 2.05 bits per heavy atom. The Kier molecular flexibility index (Phi) is 4.36. The standard InChI is InChI=1S/C15H17NO3/c1-11-5-3-4-6-12(11)9-16-15(17)14-8-7-13(19-14)10-18-2/h3-8H,9-10H2,1-2H3,(H,16,17). The highest BCUT2D eigenvalue weighted by atomic mass is 16.5. The largest absolute Gasteiger partial charge is 0.453 e. The molecule has 0 bridgehead atoms. The number of carbonyl (C=O) groups is 1. The average molecular weight is 259 g/mol. The molecule has 0 aliphatic rings. The zero-order chi connectivity index (χ0) is 13.7. The monoisotopic (exact) mass is 259 g/mol. The lowest BCUT2D eigenvalue weighted by Gasteiger charge is -2.06. The van der Waals surface area contributed by atoms with Gasteiger partial charge in [-0.05, 0) is 30.2 Å². The van der Waals surface area contributed by atoms with E-state index < -0.39 is 0 Å². The van der Waals surface area contributed by atoms with Crippen LogP contribution in [0.5, 0.6) is 0 Å². The zero-order valence-corrected chi connectivity index (χ0v) is 11.1. The first-order valence-electron chi connectivity index (χ1n) is 6.11. The van der Waals surface area contributed by atoms with Gasteiger partial charge >= 0.3 is 0 Å². The molecule has 1 amide bonds. The SMILES string of the molecule is COCc1ccc(C(=O)NCc2ccccc2C)o1. The topological polar surface area (TPSA) is 51.5 Å². The molecule has 1 N–H and O–H groups in total. The van der Waals surface area contributed by atoms with Crippen LogP contribution in [0.2, 0.25) is 0 Å². The summed E-state index contributed by atoms with van der Waals surface area (Å²) in [5, 5.41) is 2.84. The number of furan rings is 1. The number of amides is 1. The van der Waals surface area contributed by atoms with E-state index in [1.54, 1.807) is 19.2 Å². The van der Waals surface area contributed by atoms with Gasteiger partial charge in [-0.2, -0.15) is 0 Å². The number of hydrogen-bond acceptors (Lipinski definition) is 3. The summed E-state index contributed by atoms with van der Waals surface area (Å²) in [7, 11) is 1.58. The van der Waals surface area contributed by atoms with Gasteiger partial charge in [0, 0.05) is 13.7 Å². The Morgan fingerprint density at radius 3 is 2.79 bits per heavy atom. The molecule has 0 saturated carbocycles. The predicted octanol–water partition coefficient (Wildman–Crippen LogP) is 2.66. The van der Waals surface area contributed by atoms with Crippen molar-refractivity contribution >= 4 is 5.91 Å². The summed E-state index contributed by atoms with van der Waals surface area (Å²) in [5.74, 6) is 0.731. The fourth-order valence-corrected chi connectivity index (χ4v) is 1.79. The maximum absolute atomic E-state index is 11.9. The fourth-order valence-electron chi connectivity index (χ4n) is 1.79. The van der Waals surface area contributed by atoms with Gasteiger partial charge in [0.25, 0.3) is 5.91 Å². The van der Waals surface area contributed by atoms with Crippen LogP contribution in [0.3, 0.4) is 0 Å². The van der Waals surface area contributed by atoms with E-state index in [2.05, 4.69) is 5.32 Å². The van der Waals surface area contributed by atoms with Gasteiger partial charge in [0.2, 0.25) is 0 Å². The number of rotatable bonds is 5. The van der Waals surface area contributed by atoms with Gasteiger partial charge in [-0.15, -0.1) is 0 Å². The highest BCUT2D eigenvalue weighted by Crippen LogP contribution is 2.10. The molecule has 2 rings (SSSR count). The third-order valence-electron chi connectivity index (χ3n) is 2.87. The summed E-state index contributed by atoms with van der Waals surface area (Å²) >= 11 is 0. The third kappa shape index (κ3) is 3.45. The molecule has 4 nitrogen and oxygen atoms in total. The fraction of sp³-hybridized carbons (Fsp3) is 0.267. The van der Waals surface area contributed by atoms with Crippen LogP contribution in [0.25, 0.3) is 0 Å². The van der Waals surface area contributed by atoms with Gasteiger partial charge in [-0.25, -0.2) is 0 Å². The second-order valence-corrected chi connectivity index (χ2v) is 4.31. The number of hydrogen-bond donors (Lipinski definition) is 1. The molecular weight excluding hydrogens is 242 g/mol. The summed E-state index contributed by atoms with van der Waals surface area (Å²) < 4.78 is 10.3. The van der Waals surface area contributed by atoms with E-state index in [0.717, 1.165) is 11.1 Å². The van der Waals surface area contributed by atoms with Crippen molar-refractivity contribution in [3.63, 3.8) is 0 Å². The molecule has 0 saturated heterocycles. The molecule has 100 valence electrons. The predicted molar refractivity (Wildman–Crippen MR) is 71.8 cm³/mol. The summed E-state index contributed by atoms with van der Waals surface area (Å²) in [4.78, 5) is 11.9. The van der Waals surface area contributed by atoms with Gasteiger partial charge in [0.05, 0.1) is 0 Å². The lowest BCUT2D eigenvalue weighted by molar-refractivity contribution is 0.0914. The Labute approximate surface area is 112 Å². The maximum Gasteiger partial charge on any atom is 0.287 e. The molecule has 0 atom stereocenters. The second-order valence-electron chi connectivity index (χ2n) is 4.31. The molecule has 0 fully saturated rings. The molecule has 0 spiro atoms. The molecular formula is C15H17NO3. The highest BCUT2D eigenvalue weighted by Gasteiger charge is 2.11. The van der Waals surface area contributed by atoms with Crippen molar-refractivity contribution in [1.82, 2.24) is 5.32 Å². The Balaban J connectivity index is 1.95. The summed E-state index contributed by atoms with van der Waals surface area (Å²) in [6, 6.07) is 11.3. The number of ether oxygens (including phenoxy) is 1. The molecule has 0 aliphatic carbocycles. The minimum atomic E-state index is -0.217. The lowest BCUT2D eigenvalue weighted by atomic mass is 10.1. The number of aryl methyl sites for hydroxylation is 1. The maximum atomic E-state index is 11.9. The summed E-state index contributed by atoms with van der Waals surface area (Å²) in [5.41, 5.74) is 2.25. The van der Waals surface area contributed by atoms with Crippen molar-refractivity contribution < 1.29 is 13.9 Å². The van der Waals surface area contributed by atoms with Crippen LogP contribution in [0.15, 0.2) is 40.8 Å². The van der Waals surface area contributed by atoms with Gasteiger partial charge in [0.15, 0.2) is 5.76 Å². The molecule has 2 aromatic rings. The quantitative estimate of drug-likeness (QED) is 0.898. The first-order chi connectivity index (χ1) is 9.20. The van der Waals surface area contributed by atoms with E-state index in [4.69, 9.17) is 9.15 Å². The Hall–Kier alpha value is -2.07.